The summed E-state index contributed by atoms with van der Waals surface area (Å²) in [7, 11) is 4.21. The van der Waals surface area contributed by atoms with E-state index in [-0.39, 0.29) is 25.6 Å². The normalized spacial score (nSPS) is 17.6. The van der Waals surface area contributed by atoms with Crippen LogP contribution in [0, 0.1) is 0 Å². The second kappa shape index (κ2) is 19.0. The zero-order valence-corrected chi connectivity index (χ0v) is 31.2. The Balaban J connectivity index is 1.33. The predicted octanol–water partition coefficient (Wildman–Crippen LogP) is 1.24. The van der Waals surface area contributed by atoms with Crippen LogP contribution in [0.2, 0.25) is 0 Å². The molecule has 3 aromatic carbocycles. The van der Waals surface area contributed by atoms with E-state index < -0.39 is 73.3 Å². The fraction of sp³-hybridized carbons (Fsp3) is 0.400. The molecule has 4 bridgehead atoms. The highest BCUT2D eigenvalue weighted by Gasteiger charge is 2.33. The van der Waals surface area contributed by atoms with Gasteiger partial charge in [-0.15, -0.1) is 0 Å². The minimum atomic E-state index is -1.23. The van der Waals surface area contributed by atoms with Crippen LogP contribution in [0.1, 0.15) is 53.5 Å². The summed E-state index contributed by atoms with van der Waals surface area (Å²) in [6, 6.07) is 17.2. The quantitative estimate of drug-likeness (QED) is 0.158. The van der Waals surface area contributed by atoms with Crippen molar-refractivity contribution in [3.05, 3.63) is 89.0 Å². The Kier molecular flexibility index (Phi) is 13.9. The smallest absolute Gasteiger partial charge is 0.328 e. The highest BCUT2D eigenvalue weighted by molar-refractivity contribution is 5.94. The second-order valence-electron chi connectivity index (χ2n) is 13.6. The molecule has 3 atom stereocenters. The number of nitrogens with two attached hydrogens (primary N) is 1. The van der Waals surface area contributed by atoms with Gasteiger partial charge in [0.25, 0.3) is 0 Å². The standard InChI is InChI=1S/C40H48N6O9/c1-46(36(49)21-42-34(47)19-43-38(50)31(41)23-55-22-24-8-5-4-6-9-24)37-27-13-14-28(26-10-7-11-26)29(18-27)30-16-25(12-15-33(30)53-2)17-32(40(52)54-3)45-35(48)20-44-39(37)51/h4-6,8-9,12-16,18,26,31-32,37H,7,10-11,17,19-23,41H2,1-3H3,(H,42,47)(H,43,50)(H,44,51)(H,45,48)/t31-,32+,37?/m1/s1. The van der Waals surface area contributed by atoms with Crippen LogP contribution in [-0.2, 0) is 51.3 Å². The summed E-state index contributed by atoms with van der Waals surface area (Å²) in [5.41, 5.74) is 10.6. The third kappa shape index (κ3) is 10.5. The van der Waals surface area contributed by atoms with Crippen LogP contribution in [0.3, 0.4) is 0 Å². The number of amides is 5. The first-order valence-corrected chi connectivity index (χ1v) is 18.1. The summed E-state index contributed by atoms with van der Waals surface area (Å²) in [6.07, 6.45) is 3.19. The largest absolute Gasteiger partial charge is 0.496 e. The molecular weight excluding hydrogens is 708 g/mol. The Bertz CT molecular complexity index is 1880. The van der Waals surface area contributed by atoms with Crippen molar-refractivity contribution in [3.63, 3.8) is 0 Å². The average molecular weight is 757 g/mol. The van der Waals surface area contributed by atoms with E-state index in [4.69, 9.17) is 19.9 Å². The van der Waals surface area contributed by atoms with E-state index >= 15 is 0 Å². The number of methoxy groups -OCH3 is 2. The van der Waals surface area contributed by atoms with Crippen LogP contribution in [-0.4, -0.2) is 100.0 Å². The van der Waals surface area contributed by atoms with E-state index in [1.807, 2.05) is 54.6 Å². The van der Waals surface area contributed by atoms with Crippen molar-refractivity contribution in [1.82, 2.24) is 26.2 Å². The molecule has 0 spiro atoms. The number of hydrogen-bond acceptors (Lipinski definition) is 10. The molecule has 1 aliphatic heterocycles. The zero-order chi connectivity index (χ0) is 39.5. The monoisotopic (exact) mass is 756 g/mol. The molecule has 1 saturated carbocycles. The van der Waals surface area contributed by atoms with E-state index in [1.165, 1.54) is 19.1 Å². The maximum Gasteiger partial charge on any atom is 0.328 e. The van der Waals surface area contributed by atoms with Gasteiger partial charge < -0.3 is 46.1 Å². The average Bonchev–Trinajstić information content (AvgIpc) is 3.17. The summed E-state index contributed by atoms with van der Waals surface area (Å²) in [4.78, 5) is 79.6. The lowest BCUT2D eigenvalue weighted by atomic mass is 9.76. The molecule has 55 heavy (non-hydrogen) atoms. The van der Waals surface area contributed by atoms with Crippen molar-refractivity contribution in [3.8, 4) is 16.9 Å². The van der Waals surface area contributed by atoms with Gasteiger partial charge in [-0.05, 0) is 64.8 Å². The van der Waals surface area contributed by atoms with Crippen LogP contribution >= 0.6 is 0 Å². The summed E-state index contributed by atoms with van der Waals surface area (Å²) in [5.74, 6) is -2.99. The number of fused-ring (bicyclic) bond motifs is 5. The number of ether oxygens (including phenoxy) is 3. The maximum absolute atomic E-state index is 13.9. The highest BCUT2D eigenvalue weighted by atomic mass is 16.5. The number of nitrogens with one attached hydrogen (secondary N) is 4. The number of carbonyl (C=O) groups excluding carboxylic acids is 6. The first-order chi connectivity index (χ1) is 26.5. The summed E-state index contributed by atoms with van der Waals surface area (Å²) in [6.45, 7) is -1.22. The van der Waals surface area contributed by atoms with Crippen LogP contribution < -0.4 is 31.7 Å². The van der Waals surface area contributed by atoms with Gasteiger partial charge in [-0.25, -0.2) is 4.79 Å². The Hall–Kier alpha value is -5.80. The molecule has 292 valence electrons. The molecule has 1 heterocycles. The van der Waals surface area contributed by atoms with Gasteiger partial charge in [-0.2, -0.15) is 0 Å². The molecule has 0 radical (unpaired) electrons. The molecule has 0 saturated heterocycles. The molecule has 5 rings (SSSR count). The second-order valence-corrected chi connectivity index (χ2v) is 13.6. The third-order valence-electron chi connectivity index (χ3n) is 9.81. The first-order valence-electron chi connectivity index (χ1n) is 18.1. The van der Waals surface area contributed by atoms with Gasteiger partial charge in [0.2, 0.25) is 29.5 Å². The van der Waals surface area contributed by atoms with Crippen LogP contribution in [0.25, 0.3) is 11.1 Å². The van der Waals surface area contributed by atoms with Gasteiger partial charge in [0.1, 0.15) is 23.9 Å². The number of esters is 1. The number of likely N-dealkylation sites (N-methyl/N-ethyl adjacent to an activating group) is 1. The molecule has 15 nitrogen and oxygen atoms in total. The Morgan fingerprint density at radius 3 is 2.40 bits per heavy atom. The van der Waals surface area contributed by atoms with Crippen molar-refractivity contribution in [2.75, 3.05) is 47.5 Å². The van der Waals surface area contributed by atoms with Crippen molar-refractivity contribution in [1.29, 1.82) is 0 Å². The molecular formula is C40H48N6O9. The van der Waals surface area contributed by atoms with Gasteiger partial charge in [-0.1, -0.05) is 55.0 Å². The van der Waals surface area contributed by atoms with Crippen molar-refractivity contribution < 1.29 is 43.0 Å². The van der Waals surface area contributed by atoms with Crippen molar-refractivity contribution in [2.24, 2.45) is 5.73 Å². The Labute approximate surface area is 319 Å². The number of nitrogens with zero attached hydrogens (tertiary/aromatic N) is 1. The van der Waals surface area contributed by atoms with E-state index in [9.17, 15) is 28.8 Å². The summed E-state index contributed by atoms with van der Waals surface area (Å²) >= 11 is 0. The lowest BCUT2D eigenvalue weighted by molar-refractivity contribution is -0.145. The van der Waals surface area contributed by atoms with E-state index in [2.05, 4.69) is 21.3 Å². The van der Waals surface area contributed by atoms with Gasteiger partial charge in [-0.3, -0.25) is 24.0 Å². The summed E-state index contributed by atoms with van der Waals surface area (Å²) in [5, 5.41) is 10.2. The Morgan fingerprint density at radius 2 is 1.71 bits per heavy atom. The molecule has 1 aliphatic carbocycles. The van der Waals surface area contributed by atoms with Crippen molar-refractivity contribution >= 4 is 35.5 Å². The predicted molar refractivity (Wildman–Crippen MR) is 201 cm³/mol. The minimum Gasteiger partial charge on any atom is -0.496 e. The number of carbonyl (C=O) groups is 6. The van der Waals surface area contributed by atoms with Crippen LogP contribution in [0.4, 0.5) is 0 Å². The molecule has 15 heteroatoms. The molecule has 3 aromatic rings. The highest BCUT2D eigenvalue weighted by Crippen LogP contribution is 2.44. The molecule has 0 aromatic heterocycles. The molecule has 5 amide bonds. The van der Waals surface area contributed by atoms with Crippen LogP contribution in [0.5, 0.6) is 5.75 Å². The van der Waals surface area contributed by atoms with Gasteiger partial charge in [0.15, 0.2) is 0 Å². The number of rotatable bonds is 13. The topological polar surface area (TPSA) is 207 Å². The van der Waals surface area contributed by atoms with Gasteiger partial charge >= 0.3 is 5.97 Å². The number of hydrogen-bond donors (Lipinski definition) is 5. The minimum absolute atomic E-state index is 0.0653. The zero-order valence-electron chi connectivity index (χ0n) is 31.2. The van der Waals surface area contributed by atoms with Gasteiger partial charge in [0.05, 0.1) is 47.1 Å². The molecule has 1 unspecified atom stereocenters. The molecule has 2 aliphatic rings. The Morgan fingerprint density at radius 1 is 0.945 bits per heavy atom. The third-order valence-corrected chi connectivity index (χ3v) is 9.81. The van der Waals surface area contributed by atoms with Gasteiger partial charge in [0, 0.05) is 19.0 Å². The lowest BCUT2D eigenvalue weighted by Gasteiger charge is -2.32. The fourth-order valence-corrected chi connectivity index (χ4v) is 6.53. The summed E-state index contributed by atoms with van der Waals surface area (Å²) < 4.78 is 16.2. The fourth-order valence-electron chi connectivity index (χ4n) is 6.53. The van der Waals surface area contributed by atoms with E-state index in [1.54, 1.807) is 19.2 Å². The first kappa shape index (κ1) is 40.4. The van der Waals surface area contributed by atoms with Crippen LogP contribution in [0.15, 0.2) is 66.7 Å². The molecule has 1 fully saturated rings. The number of benzene rings is 3. The molecule has 6 N–H and O–H groups in total. The maximum atomic E-state index is 13.9. The van der Waals surface area contributed by atoms with E-state index in [0.29, 0.717) is 11.3 Å². The van der Waals surface area contributed by atoms with E-state index in [0.717, 1.165) is 47.1 Å². The lowest BCUT2D eigenvalue weighted by Crippen LogP contribution is -2.50. The van der Waals surface area contributed by atoms with Crippen molar-refractivity contribution in [2.45, 2.75) is 56.3 Å². The SMILES string of the molecule is COC(=O)[C@@H]1Cc2ccc(OC)c(c2)-c2cc(ccc2C2CCC2)C(N(C)C(=O)CNC(=O)CNC(=O)[C@H](N)COCc2ccccc2)C(=O)NCC(=O)N1.